The highest BCUT2D eigenvalue weighted by atomic mass is 16.5. The zero-order valence-corrected chi connectivity index (χ0v) is 13.8. The van der Waals surface area contributed by atoms with Gasteiger partial charge in [0.1, 0.15) is 11.9 Å². The van der Waals surface area contributed by atoms with E-state index in [-0.39, 0.29) is 6.10 Å². The Balaban J connectivity index is 2.76. The fourth-order valence-electron chi connectivity index (χ4n) is 2.69. The first-order chi connectivity index (χ1) is 9.60. The maximum absolute atomic E-state index is 6.27. The van der Waals surface area contributed by atoms with Gasteiger partial charge in [0.15, 0.2) is 0 Å². The minimum absolute atomic E-state index is 0.252. The molecule has 1 N–H and O–H groups in total. The van der Waals surface area contributed by atoms with Crippen LogP contribution < -0.4 is 10.1 Å². The first-order valence-corrected chi connectivity index (χ1v) is 8.09. The molecule has 2 nitrogen and oxygen atoms in total. The van der Waals surface area contributed by atoms with Gasteiger partial charge in [-0.2, -0.15) is 0 Å². The van der Waals surface area contributed by atoms with E-state index in [1.54, 1.807) is 0 Å². The van der Waals surface area contributed by atoms with E-state index in [0.29, 0.717) is 6.04 Å². The van der Waals surface area contributed by atoms with E-state index in [0.717, 1.165) is 18.7 Å². The van der Waals surface area contributed by atoms with Gasteiger partial charge in [0.25, 0.3) is 0 Å². The molecule has 1 aromatic carbocycles. The lowest BCUT2D eigenvalue weighted by molar-refractivity contribution is 0.142. The van der Waals surface area contributed by atoms with Gasteiger partial charge in [-0.25, -0.2) is 0 Å². The van der Waals surface area contributed by atoms with E-state index in [2.05, 4.69) is 58.1 Å². The van der Waals surface area contributed by atoms with Crippen molar-refractivity contribution < 1.29 is 4.74 Å². The van der Waals surface area contributed by atoms with Gasteiger partial charge in [-0.1, -0.05) is 33.3 Å². The molecule has 0 radical (unpaired) electrons. The van der Waals surface area contributed by atoms with Gasteiger partial charge in [0.2, 0.25) is 0 Å². The average Bonchev–Trinajstić information content (AvgIpc) is 2.40. The van der Waals surface area contributed by atoms with E-state index in [1.807, 2.05) is 0 Å². The molecular weight excluding hydrogens is 246 g/mol. The Morgan fingerprint density at radius 3 is 2.15 bits per heavy atom. The van der Waals surface area contributed by atoms with Crippen molar-refractivity contribution in [3.05, 3.63) is 29.3 Å². The zero-order chi connectivity index (χ0) is 15.0. The van der Waals surface area contributed by atoms with Crippen molar-refractivity contribution in [2.24, 2.45) is 0 Å². The van der Waals surface area contributed by atoms with Gasteiger partial charge in [-0.05, 0) is 62.9 Å². The van der Waals surface area contributed by atoms with Crippen LogP contribution in [-0.4, -0.2) is 18.7 Å². The molecule has 0 aromatic heterocycles. The lowest BCUT2D eigenvalue weighted by Gasteiger charge is -2.28. The van der Waals surface area contributed by atoms with Crippen molar-refractivity contribution >= 4 is 0 Å². The maximum atomic E-state index is 6.27. The fraction of sp³-hybridized carbons (Fsp3) is 0.667. The predicted molar refractivity (Wildman–Crippen MR) is 87.6 cm³/mol. The van der Waals surface area contributed by atoms with E-state index >= 15 is 0 Å². The molecule has 0 amide bonds. The summed E-state index contributed by atoms with van der Waals surface area (Å²) in [7, 11) is 0. The molecule has 2 atom stereocenters. The summed E-state index contributed by atoms with van der Waals surface area (Å²) in [5.74, 6) is 1.01. The summed E-state index contributed by atoms with van der Waals surface area (Å²) < 4.78 is 6.27. The van der Waals surface area contributed by atoms with Gasteiger partial charge in [-0.3, -0.25) is 0 Å². The Morgan fingerprint density at radius 1 is 1.00 bits per heavy atom. The van der Waals surface area contributed by atoms with Crippen molar-refractivity contribution in [2.75, 3.05) is 6.54 Å². The lowest BCUT2D eigenvalue weighted by atomic mass is 10.0. The third kappa shape index (κ3) is 5.54. The largest absolute Gasteiger partial charge is 0.489 e. The Kier molecular flexibility index (Phi) is 7.68. The summed E-state index contributed by atoms with van der Waals surface area (Å²) in [6.07, 6.45) is 4.81. The van der Waals surface area contributed by atoms with Crippen LogP contribution in [0.15, 0.2) is 18.2 Å². The highest BCUT2D eigenvalue weighted by Crippen LogP contribution is 2.20. The monoisotopic (exact) mass is 277 g/mol. The predicted octanol–water partition coefficient (Wildman–Crippen LogP) is 4.63. The quantitative estimate of drug-likeness (QED) is 0.710. The van der Waals surface area contributed by atoms with Crippen LogP contribution >= 0.6 is 0 Å². The zero-order valence-electron chi connectivity index (χ0n) is 13.8. The molecule has 0 aliphatic carbocycles. The number of ether oxygens (including phenoxy) is 1. The number of aryl methyl sites for hydroxylation is 2. The summed E-state index contributed by atoms with van der Waals surface area (Å²) in [6, 6.07) is 6.91. The minimum atomic E-state index is 0.252. The van der Waals surface area contributed by atoms with Crippen molar-refractivity contribution in [1.82, 2.24) is 5.32 Å². The summed E-state index contributed by atoms with van der Waals surface area (Å²) in [5, 5.41) is 3.65. The van der Waals surface area contributed by atoms with Gasteiger partial charge in [-0.15, -0.1) is 0 Å². The number of rotatable bonds is 9. The Bertz CT molecular complexity index is 369. The molecule has 0 heterocycles. The summed E-state index contributed by atoms with van der Waals surface area (Å²) >= 11 is 0. The van der Waals surface area contributed by atoms with Gasteiger partial charge >= 0.3 is 0 Å². The number of nitrogens with one attached hydrogen (secondary N) is 1. The van der Waals surface area contributed by atoms with Crippen LogP contribution in [0.25, 0.3) is 0 Å². The van der Waals surface area contributed by atoms with Crippen LogP contribution in [0, 0.1) is 13.8 Å². The molecule has 0 spiro atoms. The molecule has 1 rings (SSSR count). The number of benzene rings is 1. The van der Waals surface area contributed by atoms with Crippen LogP contribution in [0.5, 0.6) is 5.75 Å². The molecule has 2 unspecified atom stereocenters. The normalized spacial score (nSPS) is 14.1. The van der Waals surface area contributed by atoms with Crippen molar-refractivity contribution in [2.45, 2.75) is 72.4 Å². The third-order valence-corrected chi connectivity index (χ3v) is 3.59. The Hall–Kier alpha value is -1.02. The second kappa shape index (κ2) is 9.02. The maximum Gasteiger partial charge on any atom is 0.120 e. The first-order valence-electron chi connectivity index (χ1n) is 8.09. The minimum Gasteiger partial charge on any atom is -0.489 e. The molecule has 0 bridgehead atoms. The fourth-order valence-corrected chi connectivity index (χ4v) is 2.69. The molecule has 1 aromatic rings. The van der Waals surface area contributed by atoms with Gasteiger partial charge in [0.05, 0.1) is 0 Å². The van der Waals surface area contributed by atoms with E-state index in [9.17, 15) is 0 Å². The second-order valence-electron chi connectivity index (χ2n) is 5.74. The lowest BCUT2D eigenvalue weighted by Crippen LogP contribution is -2.43. The van der Waals surface area contributed by atoms with Crippen molar-refractivity contribution in [3.63, 3.8) is 0 Å². The molecule has 0 fully saturated rings. The van der Waals surface area contributed by atoms with E-state index < -0.39 is 0 Å². The van der Waals surface area contributed by atoms with E-state index in [4.69, 9.17) is 4.74 Å². The van der Waals surface area contributed by atoms with Crippen LogP contribution in [-0.2, 0) is 0 Å². The molecule has 0 saturated heterocycles. The third-order valence-electron chi connectivity index (χ3n) is 3.59. The van der Waals surface area contributed by atoms with Crippen LogP contribution in [0.2, 0.25) is 0 Å². The van der Waals surface area contributed by atoms with Crippen molar-refractivity contribution in [1.29, 1.82) is 0 Å². The smallest absolute Gasteiger partial charge is 0.120 e. The Morgan fingerprint density at radius 2 is 1.65 bits per heavy atom. The highest BCUT2D eigenvalue weighted by molar-refractivity contribution is 5.33. The Labute approximate surface area is 124 Å². The molecule has 2 heteroatoms. The summed E-state index contributed by atoms with van der Waals surface area (Å²) in [5.41, 5.74) is 2.53. The topological polar surface area (TPSA) is 21.3 Å². The summed E-state index contributed by atoms with van der Waals surface area (Å²) in [4.78, 5) is 0. The highest BCUT2D eigenvalue weighted by Gasteiger charge is 2.20. The molecule has 20 heavy (non-hydrogen) atoms. The molecule has 114 valence electrons. The van der Waals surface area contributed by atoms with Crippen LogP contribution in [0.1, 0.15) is 57.6 Å². The number of hydrogen-bond acceptors (Lipinski definition) is 2. The SMILES string of the molecule is CCCNC(CCC)C(CC)Oc1cc(C)cc(C)c1. The van der Waals surface area contributed by atoms with Crippen LogP contribution in [0.3, 0.4) is 0 Å². The standard InChI is InChI=1S/C18H31NO/c1-6-9-17(19-10-7-2)18(8-3)20-16-12-14(4)11-15(5)13-16/h11-13,17-19H,6-10H2,1-5H3. The second-order valence-corrected chi connectivity index (χ2v) is 5.74. The number of hydrogen-bond donors (Lipinski definition) is 1. The van der Waals surface area contributed by atoms with Gasteiger partial charge in [0, 0.05) is 6.04 Å². The average molecular weight is 277 g/mol. The van der Waals surface area contributed by atoms with Crippen molar-refractivity contribution in [3.8, 4) is 5.75 Å². The molecule has 0 saturated carbocycles. The molecule has 0 aliphatic rings. The first kappa shape index (κ1) is 17.0. The molecular formula is C18H31NO. The molecule has 0 aliphatic heterocycles. The summed E-state index contributed by atoms with van der Waals surface area (Å²) in [6.45, 7) is 12.0. The van der Waals surface area contributed by atoms with Crippen LogP contribution in [0.4, 0.5) is 0 Å². The van der Waals surface area contributed by atoms with E-state index in [1.165, 1.54) is 30.4 Å². The van der Waals surface area contributed by atoms with Gasteiger partial charge < -0.3 is 10.1 Å².